The van der Waals surface area contributed by atoms with Crippen LogP contribution >= 0.6 is 0 Å². The number of ether oxygens (including phenoxy) is 1. The number of rotatable bonds is 8. The molecule has 0 saturated carbocycles. The van der Waals surface area contributed by atoms with Gasteiger partial charge < -0.3 is 15.0 Å². The van der Waals surface area contributed by atoms with E-state index in [2.05, 4.69) is 10.0 Å². The molecule has 0 aliphatic rings. The van der Waals surface area contributed by atoms with Gasteiger partial charge in [0.25, 0.3) is 5.91 Å². The third kappa shape index (κ3) is 5.29. The van der Waals surface area contributed by atoms with Crippen molar-refractivity contribution >= 4 is 21.6 Å². The van der Waals surface area contributed by atoms with Crippen molar-refractivity contribution in [3.8, 4) is 5.75 Å². The van der Waals surface area contributed by atoms with Crippen molar-refractivity contribution in [3.05, 3.63) is 54.1 Å². The van der Waals surface area contributed by atoms with E-state index in [1.54, 1.807) is 30.3 Å². The van der Waals surface area contributed by atoms with E-state index in [0.29, 0.717) is 18.0 Å². The van der Waals surface area contributed by atoms with Crippen molar-refractivity contribution < 1.29 is 17.9 Å². The molecule has 8 heteroatoms. The second-order valence-corrected chi connectivity index (χ2v) is 7.65. The number of methoxy groups -OCH3 is 1. The molecule has 0 aliphatic carbocycles. The second kappa shape index (κ2) is 8.79. The van der Waals surface area contributed by atoms with E-state index in [-0.39, 0.29) is 17.0 Å². The molecule has 0 spiro atoms. The summed E-state index contributed by atoms with van der Waals surface area (Å²) in [6, 6.07) is 12.9. The average molecular weight is 377 g/mol. The van der Waals surface area contributed by atoms with Crippen LogP contribution in [0.25, 0.3) is 0 Å². The van der Waals surface area contributed by atoms with Gasteiger partial charge in [0, 0.05) is 18.7 Å². The number of nitrogens with zero attached hydrogens (tertiary/aromatic N) is 1. The number of carbonyl (C=O) groups excluding carboxylic acids is 1. The highest BCUT2D eigenvalue weighted by atomic mass is 32.2. The molecule has 2 aromatic carbocycles. The van der Waals surface area contributed by atoms with Crippen LogP contribution in [0, 0.1) is 0 Å². The van der Waals surface area contributed by atoms with Crippen molar-refractivity contribution in [2.45, 2.75) is 4.90 Å². The number of para-hydroxylation sites is 2. The Labute approximate surface area is 154 Å². The Hall–Kier alpha value is -2.42. The standard InChI is InChI=1S/C18H23N3O4S/c1-21(2)12-11-19-26(23,24)15-8-6-7-14(13-15)18(22)20-16-9-4-5-10-17(16)25-3/h4-10,13,19H,11-12H2,1-3H3,(H,20,22). The zero-order valence-corrected chi connectivity index (χ0v) is 15.8. The van der Waals surface area contributed by atoms with Gasteiger partial charge in [0.1, 0.15) is 5.75 Å². The first-order chi connectivity index (χ1) is 12.3. The van der Waals surface area contributed by atoms with Gasteiger partial charge in [0.05, 0.1) is 17.7 Å². The lowest BCUT2D eigenvalue weighted by molar-refractivity contribution is 0.102. The maximum Gasteiger partial charge on any atom is 0.255 e. The van der Waals surface area contributed by atoms with Crippen LogP contribution in [0.5, 0.6) is 5.75 Å². The van der Waals surface area contributed by atoms with Gasteiger partial charge in [-0.1, -0.05) is 18.2 Å². The molecule has 0 bridgehead atoms. The van der Waals surface area contributed by atoms with Gasteiger partial charge in [-0.2, -0.15) is 0 Å². The second-order valence-electron chi connectivity index (χ2n) is 5.88. The number of nitrogens with one attached hydrogen (secondary N) is 2. The van der Waals surface area contributed by atoms with Crippen molar-refractivity contribution in [3.63, 3.8) is 0 Å². The molecule has 0 heterocycles. The van der Waals surface area contributed by atoms with Crippen LogP contribution in [0.2, 0.25) is 0 Å². The van der Waals surface area contributed by atoms with Crippen molar-refractivity contribution in [2.24, 2.45) is 0 Å². The molecule has 140 valence electrons. The zero-order chi connectivity index (χ0) is 19.2. The maximum absolute atomic E-state index is 12.5. The maximum atomic E-state index is 12.5. The van der Waals surface area contributed by atoms with Gasteiger partial charge in [-0.25, -0.2) is 13.1 Å². The van der Waals surface area contributed by atoms with Gasteiger partial charge in [-0.15, -0.1) is 0 Å². The van der Waals surface area contributed by atoms with Crippen LogP contribution < -0.4 is 14.8 Å². The monoisotopic (exact) mass is 377 g/mol. The highest BCUT2D eigenvalue weighted by molar-refractivity contribution is 7.89. The summed E-state index contributed by atoms with van der Waals surface area (Å²) in [5.41, 5.74) is 0.753. The minimum atomic E-state index is -3.68. The molecule has 26 heavy (non-hydrogen) atoms. The molecule has 2 aromatic rings. The van der Waals surface area contributed by atoms with Crippen LogP contribution in [0.1, 0.15) is 10.4 Å². The number of carbonyl (C=O) groups is 1. The predicted molar refractivity (Wildman–Crippen MR) is 101 cm³/mol. The van der Waals surface area contributed by atoms with E-state index < -0.39 is 15.9 Å². The number of hydrogen-bond donors (Lipinski definition) is 2. The Kier molecular flexibility index (Phi) is 6.73. The molecule has 0 aromatic heterocycles. The molecule has 0 radical (unpaired) electrons. The summed E-state index contributed by atoms with van der Waals surface area (Å²) in [4.78, 5) is 14.4. The van der Waals surface area contributed by atoms with Crippen LogP contribution in [-0.4, -0.2) is 53.5 Å². The number of sulfonamides is 1. The Morgan fingerprint density at radius 1 is 1.12 bits per heavy atom. The van der Waals surface area contributed by atoms with E-state index in [0.717, 1.165) is 0 Å². The summed E-state index contributed by atoms with van der Waals surface area (Å²) in [5.74, 6) is 0.106. The predicted octanol–water partition coefficient (Wildman–Crippen LogP) is 1.79. The molecular formula is C18H23N3O4S. The summed E-state index contributed by atoms with van der Waals surface area (Å²) in [6.07, 6.45) is 0. The fourth-order valence-corrected chi connectivity index (χ4v) is 3.30. The Morgan fingerprint density at radius 3 is 2.54 bits per heavy atom. The third-order valence-corrected chi connectivity index (χ3v) is 5.07. The topological polar surface area (TPSA) is 87.7 Å². The zero-order valence-electron chi connectivity index (χ0n) is 15.0. The molecular weight excluding hydrogens is 354 g/mol. The van der Waals surface area contributed by atoms with Gasteiger partial charge in [-0.05, 0) is 44.4 Å². The number of anilines is 1. The van der Waals surface area contributed by atoms with Crippen molar-refractivity contribution in [2.75, 3.05) is 39.6 Å². The molecule has 0 unspecified atom stereocenters. The SMILES string of the molecule is COc1ccccc1NC(=O)c1cccc(S(=O)(=O)NCCN(C)C)c1. The summed E-state index contributed by atoms with van der Waals surface area (Å²) in [7, 11) is 1.55. The molecule has 1 amide bonds. The Bertz CT molecular complexity index is 866. The molecule has 0 fully saturated rings. The van der Waals surface area contributed by atoms with Crippen LogP contribution in [0.3, 0.4) is 0 Å². The highest BCUT2D eigenvalue weighted by Crippen LogP contribution is 2.24. The van der Waals surface area contributed by atoms with E-state index in [4.69, 9.17) is 4.74 Å². The van der Waals surface area contributed by atoms with E-state index in [9.17, 15) is 13.2 Å². The number of hydrogen-bond acceptors (Lipinski definition) is 5. The van der Waals surface area contributed by atoms with Gasteiger partial charge in [-0.3, -0.25) is 4.79 Å². The molecule has 2 N–H and O–H groups in total. The fraction of sp³-hybridized carbons (Fsp3) is 0.278. The van der Waals surface area contributed by atoms with Gasteiger partial charge >= 0.3 is 0 Å². The van der Waals surface area contributed by atoms with E-state index in [1.807, 2.05) is 19.0 Å². The normalized spacial score (nSPS) is 11.4. The smallest absolute Gasteiger partial charge is 0.255 e. The number of amides is 1. The summed E-state index contributed by atoms with van der Waals surface area (Å²) >= 11 is 0. The molecule has 2 rings (SSSR count). The molecule has 7 nitrogen and oxygen atoms in total. The molecule has 0 aliphatic heterocycles. The quantitative estimate of drug-likeness (QED) is 0.732. The lowest BCUT2D eigenvalue weighted by atomic mass is 10.2. The Balaban J connectivity index is 2.16. The minimum absolute atomic E-state index is 0.0453. The van der Waals surface area contributed by atoms with Crippen LogP contribution in [-0.2, 0) is 10.0 Å². The first-order valence-corrected chi connectivity index (χ1v) is 9.50. The lowest BCUT2D eigenvalue weighted by Gasteiger charge is -2.12. The first-order valence-electron chi connectivity index (χ1n) is 8.02. The average Bonchev–Trinajstić information content (AvgIpc) is 2.61. The van der Waals surface area contributed by atoms with Crippen LogP contribution in [0.4, 0.5) is 5.69 Å². The first kappa shape index (κ1) is 19.9. The van der Waals surface area contributed by atoms with E-state index in [1.165, 1.54) is 25.3 Å². The van der Waals surface area contributed by atoms with Gasteiger partial charge in [0.2, 0.25) is 10.0 Å². The number of benzene rings is 2. The Morgan fingerprint density at radius 2 is 1.85 bits per heavy atom. The highest BCUT2D eigenvalue weighted by Gasteiger charge is 2.16. The minimum Gasteiger partial charge on any atom is -0.495 e. The van der Waals surface area contributed by atoms with Gasteiger partial charge in [0.15, 0.2) is 0 Å². The van der Waals surface area contributed by atoms with Crippen molar-refractivity contribution in [1.82, 2.24) is 9.62 Å². The third-order valence-electron chi connectivity index (χ3n) is 3.61. The lowest BCUT2D eigenvalue weighted by Crippen LogP contribution is -2.31. The largest absolute Gasteiger partial charge is 0.495 e. The van der Waals surface area contributed by atoms with Crippen LogP contribution in [0.15, 0.2) is 53.4 Å². The summed E-state index contributed by atoms with van der Waals surface area (Å²) in [6.45, 7) is 0.861. The van der Waals surface area contributed by atoms with E-state index >= 15 is 0 Å². The number of likely N-dealkylation sites (N-methyl/N-ethyl adjacent to an activating group) is 1. The van der Waals surface area contributed by atoms with Crippen molar-refractivity contribution in [1.29, 1.82) is 0 Å². The summed E-state index contributed by atoms with van der Waals surface area (Å²) in [5, 5.41) is 2.73. The summed E-state index contributed by atoms with van der Waals surface area (Å²) < 4.78 is 32.5. The molecule has 0 saturated heterocycles. The fourth-order valence-electron chi connectivity index (χ4n) is 2.23. The molecule has 0 atom stereocenters.